The minimum atomic E-state index is -4.76. The zero-order valence-corrected chi connectivity index (χ0v) is 19.2. The predicted octanol–water partition coefficient (Wildman–Crippen LogP) is 5.67. The van der Waals surface area contributed by atoms with Gasteiger partial charge in [0.05, 0.1) is 5.56 Å². The molecule has 2 atom stereocenters. The third-order valence-electron chi connectivity index (χ3n) is 6.90. The molecule has 0 bridgehead atoms. The molecule has 2 aromatic rings. The summed E-state index contributed by atoms with van der Waals surface area (Å²) in [6, 6.07) is 5.02. The Morgan fingerprint density at radius 1 is 1.00 bits per heavy atom. The van der Waals surface area contributed by atoms with Gasteiger partial charge < -0.3 is 9.64 Å². The number of ether oxygens (including phenoxy) is 1. The lowest BCUT2D eigenvalue weighted by atomic mass is 9.86. The Hall–Kier alpha value is -2.82. The molecular formula is C24H25F6N3O2. The highest BCUT2D eigenvalue weighted by Crippen LogP contribution is 2.40. The number of rotatable bonds is 3. The molecule has 1 amide bonds. The van der Waals surface area contributed by atoms with Crippen molar-refractivity contribution in [2.75, 3.05) is 19.6 Å². The quantitative estimate of drug-likeness (QED) is 0.509. The first kappa shape index (κ1) is 25.3. The second kappa shape index (κ2) is 9.33. The molecule has 5 nitrogen and oxygen atoms in total. The van der Waals surface area contributed by atoms with Crippen molar-refractivity contribution in [1.29, 1.82) is 0 Å². The van der Waals surface area contributed by atoms with Crippen LogP contribution in [0.25, 0.3) is 0 Å². The molecule has 3 heterocycles. The van der Waals surface area contributed by atoms with Crippen molar-refractivity contribution >= 4 is 5.91 Å². The SMILES string of the molecule is Cc1c(OC(F)(F)F)ccc(C2CCCC3CN(C(=O)c4ccc(C(F)(F)F)nc4)CCN32)c1C. The Balaban J connectivity index is 1.49. The molecule has 1 aromatic heterocycles. The van der Waals surface area contributed by atoms with Crippen LogP contribution < -0.4 is 4.74 Å². The highest BCUT2D eigenvalue weighted by atomic mass is 19.4. The van der Waals surface area contributed by atoms with E-state index in [-0.39, 0.29) is 29.3 Å². The lowest BCUT2D eigenvalue weighted by molar-refractivity contribution is -0.274. The molecule has 35 heavy (non-hydrogen) atoms. The van der Waals surface area contributed by atoms with Gasteiger partial charge in [0, 0.05) is 37.9 Å². The van der Waals surface area contributed by atoms with E-state index in [2.05, 4.69) is 14.6 Å². The molecule has 11 heteroatoms. The first-order valence-corrected chi connectivity index (χ1v) is 11.3. The van der Waals surface area contributed by atoms with E-state index in [0.717, 1.165) is 48.7 Å². The normalized spacial score (nSPS) is 21.5. The summed E-state index contributed by atoms with van der Waals surface area (Å²) in [6.45, 7) is 4.75. The van der Waals surface area contributed by atoms with Gasteiger partial charge in [-0.2, -0.15) is 13.2 Å². The van der Waals surface area contributed by atoms with Gasteiger partial charge in [-0.15, -0.1) is 13.2 Å². The molecule has 0 radical (unpaired) electrons. The number of amides is 1. The molecule has 1 aromatic carbocycles. The summed E-state index contributed by atoms with van der Waals surface area (Å²) >= 11 is 0. The maximum Gasteiger partial charge on any atom is 0.573 e. The van der Waals surface area contributed by atoms with Gasteiger partial charge in [0.15, 0.2) is 0 Å². The van der Waals surface area contributed by atoms with E-state index >= 15 is 0 Å². The van der Waals surface area contributed by atoms with Gasteiger partial charge in [0.1, 0.15) is 11.4 Å². The van der Waals surface area contributed by atoms with Crippen LogP contribution in [0.4, 0.5) is 26.3 Å². The molecule has 2 aliphatic heterocycles. The van der Waals surface area contributed by atoms with Crippen LogP contribution in [-0.4, -0.2) is 52.7 Å². The van der Waals surface area contributed by atoms with Crippen LogP contribution in [-0.2, 0) is 6.18 Å². The number of carbonyl (C=O) groups excluding carboxylic acids is 1. The van der Waals surface area contributed by atoms with Crippen molar-refractivity contribution in [3.8, 4) is 5.75 Å². The molecular weight excluding hydrogens is 476 g/mol. The van der Waals surface area contributed by atoms with E-state index in [1.54, 1.807) is 24.8 Å². The van der Waals surface area contributed by atoms with Crippen LogP contribution >= 0.6 is 0 Å². The van der Waals surface area contributed by atoms with Crippen molar-refractivity contribution in [1.82, 2.24) is 14.8 Å². The Morgan fingerprint density at radius 3 is 2.37 bits per heavy atom. The molecule has 2 aliphatic rings. The van der Waals surface area contributed by atoms with E-state index in [0.29, 0.717) is 25.2 Å². The largest absolute Gasteiger partial charge is 0.573 e. The molecule has 4 rings (SSSR count). The maximum atomic E-state index is 12.9. The zero-order chi connectivity index (χ0) is 25.5. The number of fused-ring (bicyclic) bond motifs is 1. The predicted molar refractivity (Wildman–Crippen MR) is 115 cm³/mol. The van der Waals surface area contributed by atoms with Crippen molar-refractivity contribution < 1.29 is 35.9 Å². The topological polar surface area (TPSA) is 45.7 Å². The third-order valence-corrected chi connectivity index (χ3v) is 6.90. The fraction of sp³-hybridized carbons (Fsp3) is 0.500. The fourth-order valence-corrected chi connectivity index (χ4v) is 5.05. The minimum Gasteiger partial charge on any atom is -0.406 e. The average molecular weight is 501 g/mol. The minimum absolute atomic E-state index is 0.00243. The number of hydrogen-bond acceptors (Lipinski definition) is 4. The number of pyridine rings is 1. The first-order valence-electron chi connectivity index (χ1n) is 11.3. The Morgan fingerprint density at radius 2 is 1.74 bits per heavy atom. The molecule has 0 spiro atoms. The van der Waals surface area contributed by atoms with Crippen LogP contribution in [0.2, 0.25) is 0 Å². The van der Waals surface area contributed by atoms with Crippen LogP contribution in [0.5, 0.6) is 5.75 Å². The van der Waals surface area contributed by atoms with Crippen LogP contribution in [0.1, 0.15) is 58.0 Å². The zero-order valence-electron chi connectivity index (χ0n) is 19.2. The molecule has 190 valence electrons. The van der Waals surface area contributed by atoms with E-state index in [4.69, 9.17) is 0 Å². The van der Waals surface area contributed by atoms with E-state index < -0.39 is 18.2 Å². The smallest absolute Gasteiger partial charge is 0.406 e. The van der Waals surface area contributed by atoms with Crippen molar-refractivity contribution in [3.63, 3.8) is 0 Å². The number of benzene rings is 1. The number of hydrogen-bond donors (Lipinski definition) is 0. The van der Waals surface area contributed by atoms with Crippen LogP contribution in [0.3, 0.4) is 0 Å². The number of carbonyl (C=O) groups is 1. The summed E-state index contributed by atoms with van der Waals surface area (Å²) in [4.78, 5) is 20.2. The van der Waals surface area contributed by atoms with Crippen LogP contribution in [0.15, 0.2) is 30.5 Å². The summed E-state index contributed by atoms with van der Waals surface area (Å²) in [5.41, 5.74) is 1.17. The van der Waals surface area contributed by atoms with Gasteiger partial charge >= 0.3 is 12.5 Å². The molecule has 2 saturated heterocycles. The van der Waals surface area contributed by atoms with E-state index in [1.165, 1.54) is 6.07 Å². The van der Waals surface area contributed by atoms with Crippen molar-refractivity contribution in [3.05, 3.63) is 58.4 Å². The summed E-state index contributed by atoms with van der Waals surface area (Å²) in [7, 11) is 0. The standard InChI is InChI=1S/C24H25F6N3O2/c1-14-15(2)20(35-24(28,29)30)8-7-18(14)19-5-3-4-17-13-32(10-11-33(17)19)22(34)16-6-9-21(31-12-16)23(25,26)27/h6-9,12,17,19H,3-5,10-11,13H2,1-2H3. The van der Waals surface area contributed by atoms with E-state index in [1.807, 2.05) is 0 Å². The van der Waals surface area contributed by atoms with E-state index in [9.17, 15) is 31.1 Å². The average Bonchev–Trinajstić information content (AvgIpc) is 2.80. The summed E-state index contributed by atoms with van der Waals surface area (Å²) < 4.78 is 80.6. The van der Waals surface area contributed by atoms with Gasteiger partial charge in [-0.1, -0.05) is 6.07 Å². The fourth-order valence-electron chi connectivity index (χ4n) is 5.05. The molecule has 0 saturated carbocycles. The second-order valence-electron chi connectivity index (χ2n) is 8.97. The lowest BCUT2D eigenvalue weighted by Crippen LogP contribution is -2.57. The summed E-state index contributed by atoms with van der Waals surface area (Å²) in [5, 5.41) is 0. The highest BCUT2D eigenvalue weighted by Gasteiger charge is 2.39. The number of piperidine rings is 1. The monoisotopic (exact) mass is 501 g/mol. The summed E-state index contributed by atoms with van der Waals surface area (Å²) in [6.07, 6.45) is -5.81. The second-order valence-corrected chi connectivity index (χ2v) is 8.97. The number of alkyl halides is 6. The highest BCUT2D eigenvalue weighted by molar-refractivity contribution is 5.94. The third kappa shape index (κ3) is 5.39. The molecule has 2 fully saturated rings. The number of halogens is 6. The number of aromatic nitrogens is 1. The Bertz CT molecular complexity index is 1080. The molecule has 0 aliphatic carbocycles. The van der Waals surface area contributed by atoms with Crippen molar-refractivity contribution in [2.45, 2.75) is 57.7 Å². The Kier molecular flexibility index (Phi) is 6.74. The van der Waals surface area contributed by atoms with Crippen LogP contribution in [0, 0.1) is 13.8 Å². The Labute approximate surface area is 198 Å². The molecule has 2 unspecified atom stereocenters. The first-order chi connectivity index (χ1) is 16.3. The van der Waals surface area contributed by atoms with Gasteiger partial charge in [0.25, 0.3) is 5.91 Å². The van der Waals surface area contributed by atoms with Gasteiger partial charge in [-0.25, -0.2) is 0 Å². The van der Waals surface area contributed by atoms with Crippen molar-refractivity contribution in [2.24, 2.45) is 0 Å². The van der Waals surface area contributed by atoms with Gasteiger partial charge in [-0.05, 0) is 68.0 Å². The number of nitrogens with zero attached hydrogens (tertiary/aromatic N) is 3. The lowest BCUT2D eigenvalue weighted by Gasteiger charge is -2.48. The molecule has 0 N–H and O–H groups in total. The van der Waals surface area contributed by atoms with Gasteiger partial charge in [-0.3, -0.25) is 14.7 Å². The maximum absolute atomic E-state index is 12.9. The summed E-state index contributed by atoms with van der Waals surface area (Å²) in [5.74, 6) is -0.583. The number of piperazine rings is 1. The van der Waals surface area contributed by atoms with Gasteiger partial charge in [0.2, 0.25) is 0 Å².